The standard InChI is InChI=1S/C21H24N/c1-3-7-18(8-4-1)21(19-9-5-2-6-10-19)16-20-15-17-11-13-22(20)14-12-17/h1-10,15,17,20-21H,11-14,16H2/t20-/m0/s1. The maximum absolute atomic E-state index is 2.69. The molecule has 2 bridgehead atoms. The quantitative estimate of drug-likeness (QED) is 0.801. The Labute approximate surface area is 134 Å². The molecular weight excluding hydrogens is 266 g/mol. The molecule has 3 saturated heterocycles. The van der Waals surface area contributed by atoms with Gasteiger partial charge in [0.05, 0.1) is 0 Å². The smallest absolute Gasteiger partial charge is 0.0138 e. The summed E-state index contributed by atoms with van der Waals surface area (Å²) in [6, 6.07) is 22.7. The Balaban J connectivity index is 1.61. The molecule has 0 unspecified atom stereocenters. The molecule has 0 N–H and O–H groups in total. The van der Waals surface area contributed by atoms with Crippen LogP contribution in [-0.4, -0.2) is 24.0 Å². The molecule has 5 rings (SSSR count). The molecule has 22 heavy (non-hydrogen) atoms. The lowest BCUT2D eigenvalue weighted by molar-refractivity contribution is 0.0907. The predicted octanol–water partition coefficient (Wildman–Crippen LogP) is 4.51. The molecular formula is C21H24N. The van der Waals surface area contributed by atoms with E-state index in [-0.39, 0.29) is 0 Å². The summed E-state index contributed by atoms with van der Waals surface area (Å²) in [7, 11) is 0. The highest BCUT2D eigenvalue weighted by Gasteiger charge is 2.35. The van der Waals surface area contributed by atoms with Crippen molar-refractivity contribution in [2.24, 2.45) is 5.92 Å². The van der Waals surface area contributed by atoms with Gasteiger partial charge in [-0.15, -0.1) is 0 Å². The molecule has 0 aromatic heterocycles. The number of piperidine rings is 3. The van der Waals surface area contributed by atoms with Gasteiger partial charge >= 0.3 is 0 Å². The van der Waals surface area contributed by atoms with E-state index in [2.05, 4.69) is 72.0 Å². The van der Waals surface area contributed by atoms with Crippen LogP contribution >= 0.6 is 0 Å². The largest absolute Gasteiger partial charge is 0.300 e. The zero-order valence-electron chi connectivity index (χ0n) is 13.1. The molecule has 2 aromatic carbocycles. The molecule has 0 saturated carbocycles. The van der Waals surface area contributed by atoms with E-state index >= 15 is 0 Å². The van der Waals surface area contributed by atoms with Gasteiger partial charge < -0.3 is 4.90 Å². The number of hydrogen-bond acceptors (Lipinski definition) is 1. The first-order valence-corrected chi connectivity index (χ1v) is 8.59. The van der Waals surface area contributed by atoms with E-state index in [1.54, 1.807) is 0 Å². The zero-order chi connectivity index (χ0) is 14.8. The second-order valence-corrected chi connectivity index (χ2v) is 6.74. The van der Waals surface area contributed by atoms with Crippen LogP contribution in [0.5, 0.6) is 0 Å². The molecule has 3 aliphatic heterocycles. The molecule has 1 radical (unpaired) electrons. The van der Waals surface area contributed by atoms with Crippen LogP contribution in [0.3, 0.4) is 0 Å². The molecule has 1 nitrogen and oxygen atoms in total. The van der Waals surface area contributed by atoms with Crippen molar-refractivity contribution in [3.8, 4) is 0 Å². The number of nitrogens with zero attached hydrogens (tertiary/aromatic N) is 1. The Kier molecular flexibility index (Phi) is 3.99. The Morgan fingerprint density at radius 3 is 1.82 bits per heavy atom. The fourth-order valence-electron chi connectivity index (χ4n) is 4.18. The van der Waals surface area contributed by atoms with Crippen LogP contribution in [0.1, 0.15) is 36.3 Å². The summed E-state index contributed by atoms with van der Waals surface area (Å²) in [4.78, 5) is 2.69. The van der Waals surface area contributed by atoms with Gasteiger partial charge in [-0.25, -0.2) is 0 Å². The third-order valence-corrected chi connectivity index (χ3v) is 5.42. The lowest BCUT2D eigenvalue weighted by atomic mass is 9.77. The van der Waals surface area contributed by atoms with Crippen molar-refractivity contribution < 1.29 is 0 Å². The van der Waals surface area contributed by atoms with Gasteiger partial charge in [-0.1, -0.05) is 60.7 Å². The molecule has 0 aliphatic carbocycles. The highest BCUT2D eigenvalue weighted by molar-refractivity contribution is 5.33. The Morgan fingerprint density at radius 2 is 1.36 bits per heavy atom. The third-order valence-electron chi connectivity index (χ3n) is 5.42. The first-order chi connectivity index (χ1) is 10.9. The Bertz CT molecular complexity index is 544. The average Bonchev–Trinajstić information content (AvgIpc) is 2.62. The number of benzene rings is 2. The second kappa shape index (κ2) is 6.26. The summed E-state index contributed by atoms with van der Waals surface area (Å²) in [5.41, 5.74) is 2.90. The highest BCUT2D eigenvalue weighted by atomic mass is 15.2. The van der Waals surface area contributed by atoms with Crippen molar-refractivity contribution in [3.05, 3.63) is 78.2 Å². The van der Waals surface area contributed by atoms with Gasteiger partial charge in [-0.2, -0.15) is 0 Å². The van der Waals surface area contributed by atoms with Crippen LogP contribution in [0.25, 0.3) is 0 Å². The van der Waals surface area contributed by atoms with Crippen LogP contribution in [0.4, 0.5) is 0 Å². The van der Waals surface area contributed by atoms with Crippen LogP contribution in [-0.2, 0) is 0 Å². The van der Waals surface area contributed by atoms with E-state index in [1.807, 2.05) is 0 Å². The number of hydrogen-bond donors (Lipinski definition) is 0. The topological polar surface area (TPSA) is 3.24 Å². The summed E-state index contributed by atoms with van der Waals surface area (Å²) in [6.07, 6.45) is 6.59. The predicted molar refractivity (Wildman–Crippen MR) is 91.7 cm³/mol. The van der Waals surface area contributed by atoms with E-state index in [9.17, 15) is 0 Å². The molecule has 1 atom stereocenters. The minimum Gasteiger partial charge on any atom is -0.300 e. The van der Waals surface area contributed by atoms with Crippen LogP contribution in [0.2, 0.25) is 0 Å². The van der Waals surface area contributed by atoms with Gasteiger partial charge in [0, 0.05) is 12.0 Å². The summed E-state index contributed by atoms with van der Waals surface area (Å²) in [6.45, 7) is 2.59. The number of rotatable bonds is 4. The van der Waals surface area contributed by atoms with Gasteiger partial charge in [0.15, 0.2) is 0 Å². The monoisotopic (exact) mass is 290 g/mol. The Morgan fingerprint density at radius 1 is 0.818 bits per heavy atom. The van der Waals surface area contributed by atoms with E-state index in [4.69, 9.17) is 0 Å². The van der Waals surface area contributed by atoms with E-state index < -0.39 is 0 Å². The summed E-state index contributed by atoms with van der Waals surface area (Å²) >= 11 is 0. The van der Waals surface area contributed by atoms with E-state index in [0.717, 1.165) is 5.92 Å². The molecule has 2 aromatic rings. The van der Waals surface area contributed by atoms with Gasteiger partial charge in [-0.3, -0.25) is 0 Å². The van der Waals surface area contributed by atoms with Gasteiger partial charge in [0.1, 0.15) is 0 Å². The minimum atomic E-state index is 0.503. The first-order valence-electron chi connectivity index (χ1n) is 8.59. The summed E-state index contributed by atoms with van der Waals surface area (Å²) in [5.74, 6) is 1.37. The molecule has 3 aliphatic rings. The minimum absolute atomic E-state index is 0.503. The van der Waals surface area contributed by atoms with Gasteiger partial charge in [0.2, 0.25) is 0 Å². The van der Waals surface area contributed by atoms with Crippen molar-refractivity contribution in [2.75, 3.05) is 13.1 Å². The lowest BCUT2D eigenvalue weighted by Crippen LogP contribution is -2.49. The van der Waals surface area contributed by atoms with Crippen molar-refractivity contribution >= 4 is 0 Å². The first kappa shape index (κ1) is 14.0. The summed E-state index contributed by atoms with van der Waals surface area (Å²) < 4.78 is 0. The molecule has 3 heterocycles. The SMILES string of the molecule is [CH]1C2CCN(CC2)[C@@H]1CC(c1ccccc1)c1ccccc1. The summed E-state index contributed by atoms with van der Waals surface area (Å²) in [5, 5.41) is 0. The van der Waals surface area contributed by atoms with Gasteiger partial charge in [0.25, 0.3) is 0 Å². The fraction of sp³-hybridized carbons (Fsp3) is 0.381. The number of fused-ring (bicyclic) bond motifs is 3. The third kappa shape index (κ3) is 2.83. The van der Waals surface area contributed by atoms with E-state index in [1.165, 1.54) is 43.5 Å². The molecule has 1 heteroatoms. The van der Waals surface area contributed by atoms with Crippen molar-refractivity contribution in [1.82, 2.24) is 4.90 Å². The van der Waals surface area contributed by atoms with Crippen LogP contribution in [0, 0.1) is 12.3 Å². The average molecular weight is 290 g/mol. The lowest BCUT2D eigenvalue weighted by Gasteiger charge is -2.46. The Hall–Kier alpha value is -1.60. The highest BCUT2D eigenvalue weighted by Crippen LogP contribution is 2.38. The molecule has 0 spiro atoms. The normalized spacial score (nSPS) is 27.2. The molecule has 3 fully saturated rings. The van der Waals surface area contributed by atoms with Crippen LogP contribution < -0.4 is 0 Å². The molecule has 113 valence electrons. The maximum Gasteiger partial charge on any atom is 0.0138 e. The zero-order valence-corrected chi connectivity index (χ0v) is 13.1. The maximum atomic E-state index is 2.69. The fourth-order valence-corrected chi connectivity index (χ4v) is 4.18. The van der Waals surface area contributed by atoms with Crippen molar-refractivity contribution in [3.63, 3.8) is 0 Å². The van der Waals surface area contributed by atoms with Crippen LogP contribution in [0.15, 0.2) is 60.7 Å². The van der Waals surface area contributed by atoms with Crippen molar-refractivity contribution in [2.45, 2.75) is 31.2 Å². The van der Waals surface area contributed by atoms with Gasteiger partial charge in [-0.05, 0) is 55.8 Å². The second-order valence-electron chi connectivity index (χ2n) is 6.74. The molecule has 0 amide bonds. The van der Waals surface area contributed by atoms with E-state index in [0.29, 0.717) is 12.0 Å². The van der Waals surface area contributed by atoms with Crippen molar-refractivity contribution in [1.29, 1.82) is 0 Å².